The molecule has 0 aliphatic heterocycles. The fourth-order valence-electron chi connectivity index (χ4n) is 2.53. The third-order valence-electron chi connectivity index (χ3n) is 4.08. The highest BCUT2D eigenvalue weighted by Gasteiger charge is 2.22. The van der Waals surface area contributed by atoms with Crippen molar-refractivity contribution >= 4 is 11.9 Å². The monoisotopic (exact) mass is 312 g/mol. The van der Waals surface area contributed by atoms with Crippen molar-refractivity contribution in [3.8, 4) is 0 Å². The molecule has 0 spiro atoms. The zero-order valence-electron chi connectivity index (χ0n) is 13.7. The Balaban J connectivity index is 2.28. The third kappa shape index (κ3) is 3.39. The Labute approximate surface area is 135 Å². The van der Waals surface area contributed by atoms with Crippen LogP contribution in [0.25, 0.3) is 0 Å². The van der Waals surface area contributed by atoms with E-state index in [2.05, 4.69) is 4.98 Å². The minimum absolute atomic E-state index is 0.107. The molecule has 1 heterocycles. The minimum atomic E-state index is -1.05. The van der Waals surface area contributed by atoms with Crippen LogP contribution in [0.5, 0.6) is 0 Å². The van der Waals surface area contributed by atoms with E-state index in [0.29, 0.717) is 5.69 Å². The maximum atomic E-state index is 12.6. The number of aromatic carboxylic acids is 1. The van der Waals surface area contributed by atoms with Crippen molar-refractivity contribution < 1.29 is 14.7 Å². The smallest absolute Gasteiger partial charge is 0.337 e. The van der Waals surface area contributed by atoms with E-state index in [1.54, 1.807) is 18.9 Å². The first-order valence-corrected chi connectivity index (χ1v) is 7.36. The lowest BCUT2D eigenvalue weighted by molar-refractivity contribution is 0.0690. The second kappa shape index (κ2) is 6.60. The van der Waals surface area contributed by atoms with Gasteiger partial charge in [-0.05, 0) is 44.0 Å². The highest BCUT2D eigenvalue weighted by molar-refractivity contribution is 5.94. The Morgan fingerprint density at radius 2 is 1.78 bits per heavy atom. The number of aryl methyl sites for hydroxylation is 2. The summed E-state index contributed by atoms with van der Waals surface area (Å²) in [6, 6.07) is 10.7. The van der Waals surface area contributed by atoms with E-state index >= 15 is 0 Å². The van der Waals surface area contributed by atoms with Gasteiger partial charge in [0.2, 0.25) is 0 Å². The first-order valence-electron chi connectivity index (χ1n) is 7.36. The van der Waals surface area contributed by atoms with E-state index < -0.39 is 5.97 Å². The lowest BCUT2D eigenvalue weighted by atomic mass is 10.0. The fraction of sp³-hybridized carbons (Fsp3) is 0.278. The SMILES string of the molecule is Cc1ccccc1C(C)N(C)C(=O)c1ccc(C(=O)O)c(C)n1. The Morgan fingerprint density at radius 3 is 2.35 bits per heavy atom. The van der Waals surface area contributed by atoms with Gasteiger partial charge in [-0.3, -0.25) is 4.79 Å². The van der Waals surface area contributed by atoms with Crippen LogP contribution in [0.1, 0.15) is 50.6 Å². The lowest BCUT2D eigenvalue weighted by Gasteiger charge is -2.26. The van der Waals surface area contributed by atoms with Crippen molar-refractivity contribution in [1.29, 1.82) is 0 Å². The third-order valence-corrected chi connectivity index (χ3v) is 4.08. The maximum Gasteiger partial charge on any atom is 0.337 e. The molecule has 1 amide bonds. The molecule has 0 aliphatic rings. The fourth-order valence-corrected chi connectivity index (χ4v) is 2.53. The molecule has 1 aromatic carbocycles. The van der Waals surface area contributed by atoms with E-state index in [-0.39, 0.29) is 23.2 Å². The van der Waals surface area contributed by atoms with Gasteiger partial charge in [-0.1, -0.05) is 24.3 Å². The van der Waals surface area contributed by atoms with Gasteiger partial charge < -0.3 is 10.0 Å². The average molecular weight is 312 g/mol. The summed E-state index contributed by atoms with van der Waals surface area (Å²) in [6.45, 7) is 5.55. The second-order valence-electron chi connectivity index (χ2n) is 5.58. The van der Waals surface area contributed by atoms with Crippen molar-refractivity contribution in [3.05, 3.63) is 64.5 Å². The highest BCUT2D eigenvalue weighted by atomic mass is 16.4. The van der Waals surface area contributed by atoms with Crippen molar-refractivity contribution in [3.63, 3.8) is 0 Å². The summed E-state index contributed by atoms with van der Waals surface area (Å²) in [4.78, 5) is 29.4. The molecule has 0 fully saturated rings. The van der Waals surface area contributed by atoms with Crippen LogP contribution in [-0.4, -0.2) is 33.9 Å². The van der Waals surface area contributed by atoms with Crippen LogP contribution >= 0.6 is 0 Å². The summed E-state index contributed by atoms with van der Waals surface area (Å²) in [5.41, 5.74) is 2.87. The number of nitrogens with zero attached hydrogens (tertiary/aromatic N) is 2. The number of rotatable bonds is 4. The Morgan fingerprint density at radius 1 is 1.13 bits per heavy atom. The quantitative estimate of drug-likeness (QED) is 0.941. The minimum Gasteiger partial charge on any atom is -0.478 e. The van der Waals surface area contributed by atoms with E-state index in [4.69, 9.17) is 5.11 Å². The van der Waals surface area contributed by atoms with Crippen LogP contribution < -0.4 is 0 Å². The zero-order chi connectivity index (χ0) is 17.1. The van der Waals surface area contributed by atoms with Crippen LogP contribution in [0.4, 0.5) is 0 Å². The molecule has 1 unspecified atom stereocenters. The van der Waals surface area contributed by atoms with E-state index in [1.807, 2.05) is 38.1 Å². The van der Waals surface area contributed by atoms with Crippen LogP contribution in [0.15, 0.2) is 36.4 Å². The number of carboxylic acids is 1. The van der Waals surface area contributed by atoms with Crippen molar-refractivity contribution in [1.82, 2.24) is 9.88 Å². The lowest BCUT2D eigenvalue weighted by Crippen LogP contribution is -2.31. The first kappa shape index (κ1) is 16.7. The summed E-state index contributed by atoms with van der Waals surface area (Å²) in [5, 5.41) is 9.04. The molecule has 0 aliphatic carbocycles. The van der Waals surface area contributed by atoms with Crippen LogP contribution in [-0.2, 0) is 0 Å². The summed E-state index contributed by atoms with van der Waals surface area (Å²) in [7, 11) is 1.72. The number of pyridine rings is 1. The van der Waals surface area contributed by atoms with Gasteiger partial charge in [0, 0.05) is 7.05 Å². The molecule has 1 atom stereocenters. The number of hydrogen-bond donors (Lipinski definition) is 1. The first-order chi connectivity index (χ1) is 10.8. The molecule has 2 rings (SSSR count). The van der Waals surface area contributed by atoms with Gasteiger partial charge in [0.05, 0.1) is 17.3 Å². The number of carbonyl (C=O) groups is 2. The van der Waals surface area contributed by atoms with Gasteiger partial charge in [0.1, 0.15) is 5.69 Å². The number of benzene rings is 1. The topological polar surface area (TPSA) is 70.5 Å². The molecule has 0 radical (unpaired) electrons. The van der Waals surface area contributed by atoms with Crippen molar-refractivity contribution in [2.24, 2.45) is 0 Å². The molecular formula is C18H20N2O3. The van der Waals surface area contributed by atoms with Gasteiger partial charge in [-0.25, -0.2) is 9.78 Å². The molecule has 1 aromatic heterocycles. The van der Waals surface area contributed by atoms with Gasteiger partial charge in [0.15, 0.2) is 0 Å². The van der Waals surface area contributed by atoms with E-state index in [9.17, 15) is 9.59 Å². The number of carboxylic acid groups (broad SMARTS) is 1. The molecule has 0 bridgehead atoms. The standard InChI is InChI=1S/C18H20N2O3/c1-11-7-5-6-8-14(11)13(3)20(4)17(21)16-10-9-15(18(22)23)12(2)19-16/h5-10,13H,1-4H3,(H,22,23). The van der Waals surface area contributed by atoms with Crippen molar-refractivity contribution in [2.45, 2.75) is 26.8 Å². The molecule has 5 nitrogen and oxygen atoms in total. The zero-order valence-corrected chi connectivity index (χ0v) is 13.7. The number of carbonyl (C=O) groups excluding carboxylic acids is 1. The van der Waals surface area contributed by atoms with Gasteiger partial charge in [0.25, 0.3) is 5.91 Å². The summed E-state index contributed by atoms with van der Waals surface area (Å²) in [6.07, 6.45) is 0. The summed E-state index contributed by atoms with van der Waals surface area (Å²) < 4.78 is 0. The highest BCUT2D eigenvalue weighted by Crippen LogP contribution is 2.23. The van der Waals surface area contributed by atoms with Crippen LogP contribution in [0.3, 0.4) is 0 Å². The largest absolute Gasteiger partial charge is 0.478 e. The molecule has 23 heavy (non-hydrogen) atoms. The molecule has 0 saturated heterocycles. The van der Waals surface area contributed by atoms with E-state index in [0.717, 1.165) is 11.1 Å². The summed E-state index contributed by atoms with van der Waals surface area (Å²) in [5.74, 6) is -1.28. The summed E-state index contributed by atoms with van der Waals surface area (Å²) >= 11 is 0. The van der Waals surface area contributed by atoms with Gasteiger partial charge in [-0.2, -0.15) is 0 Å². The maximum absolute atomic E-state index is 12.6. The number of amides is 1. The van der Waals surface area contributed by atoms with Gasteiger partial charge in [-0.15, -0.1) is 0 Å². The Kier molecular flexibility index (Phi) is 4.79. The molecule has 1 N–H and O–H groups in total. The van der Waals surface area contributed by atoms with Crippen LogP contribution in [0, 0.1) is 13.8 Å². The molecular weight excluding hydrogens is 292 g/mol. The number of aromatic nitrogens is 1. The van der Waals surface area contributed by atoms with Crippen molar-refractivity contribution in [2.75, 3.05) is 7.05 Å². The van der Waals surface area contributed by atoms with E-state index in [1.165, 1.54) is 12.1 Å². The molecule has 2 aromatic rings. The van der Waals surface area contributed by atoms with Gasteiger partial charge >= 0.3 is 5.97 Å². The average Bonchev–Trinajstić information content (AvgIpc) is 2.52. The normalized spacial score (nSPS) is 11.8. The van der Waals surface area contributed by atoms with Crippen LogP contribution in [0.2, 0.25) is 0 Å². The molecule has 5 heteroatoms. The predicted molar refractivity (Wildman–Crippen MR) is 87.6 cm³/mol. The molecule has 0 saturated carbocycles. The second-order valence-corrected chi connectivity index (χ2v) is 5.58. The Hall–Kier alpha value is -2.69. The number of hydrogen-bond acceptors (Lipinski definition) is 3. The molecule has 120 valence electrons. The predicted octanol–water partition coefficient (Wildman–Crippen LogP) is 3.23. The Bertz CT molecular complexity index is 756.